The molecule has 0 heterocycles. The number of rotatable bonds is 15. The Hall–Kier alpha value is -1.02. The molecule has 0 aliphatic heterocycles. The third-order valence-electron chi connectivity index (χ3n) is 3.73. The van der Waals surface area contributed by atoms with E-state index in [-0.39, 0.29) is 30.3 Å². The van der Waals surface area contributed by atoms with Crippen LogP contribution in [0.15, 0.2) is 0 Å². The molecule has 0 saturated carbocycles. The molecule has 0 bridgehead atoms. The highest BCUT2D eigenvalue weighted by atomic mass is 16.5. The van der Waals surface area contributed by atoms with Gasteiger partial charge in [0, 0.05) is 25.4 Å². The highest BCUT2D eigenvalue weighted by Crippen LogP contribution is 2.01. The van der Waals surface area contributed by atoms with Crippen molar-refractivity contribution in [3.8, 4) is 0 Å². The van der Waals surface area contributed by atoms with E-state index in [4.69, 9.17) is 14.6 Å². The molecule has 142 valence electrons. The number of nitrogens with zero attached hydrogens (tertiary/aromatic N) is 1. The van der Waals surface area contributed by atoms with Crippen molar-refractivity contribution < 1.29 is 24.2 Å². The summed E-state index contributed by atoms with van der Waals surface area (Å²) in [6.07, 6.45) is 1.12. The van der Waals surface area contributed by atoms with Crippen LogP contribution in [0.3, 0.4) is 0 Å². The third-order valence-corrected chi connectivity index (χ3v) is 3.73. The molecule has 0 saturated heterocycles. The van der Waals surface area contributed by atoms with Crippen LogP contribution in [-0.2, 0) is 19.1 Å². The maximum atomic E-state index is 12.0. The normalized spacial score (nSPS) is 12.6. The Labute approximate surface area is 145 Å². The number of likely N-dealkylation sites (N-methyl/N-ethyl adjacent to an activating group) is 1. The lowest BCUT2D eigenvalue weighted by Crippen LogP contribution is -2.46. The Balaban J connectivity index is 3.61. The molecule has 2 N–H and O–H groups in total. The van der Waals surface area contributed by atoms with Gasteiger partial charge in [0.05, 0.1) is 39.1 Å². The van der Waals surface area contributed by atoms with Crippen molar-refractivity contribution in [1.82, 2.24) is 10.2 Å². The first-order chi connectivity index (χ1) is 11.4. The summed E-state index contributed by atoms with van der Waals surface area (Å²) in [7, 11) is 1.82. The minimum atomic E-state index is -0.237. The van der Waals surface area contributed by atoms with Crippen LogP contribution in [0, 0.1) is 5.92 Å². The van der Waals surface area contributed by atoms with Gasteiger partial charge < -0.3 is 19.9 Å². The average Bonchev–Trinajstić information content (AvgIpc) is 2.53. The Morgan fingerprint density at radius 2 is 1.75 bits per heavy atom. The Morgan fingerprint density at radius 3 is 2.29 bits per heavy atom. The molecule has 1 amide bonds. The van der Waals surface area contributed by atoms with Crippen LogP contribution in [0.5, 0.6) is 0 Å². The summed E-state index contributed by atoms with van der Waals surface area (Å²) >= 11 is 0. The van der Waals surface area contributed by atoms with Crippen LogP contribution in [0.1, 0.15) is 33.6 Å². The smallest absolute Gasteiger partial charge is 0.237 e. The molecule has 0 radical (unpaired) electrons. The number of ether oxygens (including phenoxy) is 2. The summed E-state index contributed by atoms with van der Waals surface area (Å²) in [6.45, 7) is 8.36. The van der Waals surface area contributed by atoms with E-state index in [9.17, 15) is 9.59 Å². The van der Waals surface area contributed by atoms with Gasteiger partial charge in [-0.2, -0.15) is 0 Å². The summed E-state index contributed by atoms with van der Waals surface area (Å²) in [5, 5.41) is 11.8. The van der Waals surface area contributed by atoms with Crippen molar-refractivity contribution >= 4 is 11.7 Å². The number of carbonyl (C=O) groups is 2. The second-order valence-corrected chi connectivity index (χ2v) is 6.02. The molecular formula is C17H34N2O5. The Kier molecular flexibility index (Phi) is 13.7. The highest BCUT2D eigenvalue weighted by Gasteiger charge is 2.20. The van der Waals surface area contributed by atoms with Gasteiger partial charge in [0.1, 0.15) is 5.78 Å². The van der Waals surface area contributed by atoms with E-state index in [0.29, 0.717) is 52.4 Å². The lowest BCUT2D eigenvalue weighted by atomic mass is 10.1. The van der Waals surface area contributed by atoms with Gasteiger partial charge in [-0.25, -0.2) is 0 Å². The van der Waals surface area contributed by atoms with E-state index in [0.717, 1.165) is 0 Å². The highest BCUT2D eigenvalue weighted by molar-refractivity contribution is 5.81. The lowest BCUT2D eigenvalue weighted by Gasteiger charge is -2.25. The predicted octanol–water partition coefficient (Wildman–Crippen LogP) is 0.454. The van der Waals surface area contributed by atoms with E-state index in [2.05, 4.69) is 5.32 Å². The quantitative estimate of drug-likeness (QED) is 0.419. The van der Waals surface area contributed by atoms with Crippen molar-refractivity contribution in [2.24, 2.45) is 5.92 Å². The van der Waals surface area contributed by atoms with Crippen molar-refractivity contribution in [3.05, 3.63) is 0 Å². The minimum absolute atomic E-state index is 0.0339. The van der Waals surface area contributed by atoms with Crippen LogP contribution in [0.25, 0.3) is 0 Å². The first-order valence-corrected chi connectivity index (χ1v) is 8.71. The number of hydrogen-bond acceptors (Lipinski definition) is 6. The number of carbonyl (C=O) groups excluding carboxylic acids is 2. The van der Waals surface area contributed by atoms with Crippen molar-refractivity contribution in [3.63, 3.8) is 0 Å². The van der Waals surface area contributed by atoms with E-state index in [1.165, 1.54) is 0 Å². The van der Waals surface area contributed by atoms with Crippen LogP contribution in [0.4, 0.5) is 0 Å². The van der Waals surface area contributed by atoms with Gasteiger partial charge in [0.2, 0.25) is 5.91 Å². The maximum absolute atomic E-state index is 12.0. The molecule has 7 heteroatoms. The van der Waals surface area contributed by atoms with Gasteiger partial charge in [-0.05, 0) is 13.5 Å². The molecule has 24 heavy (non-hydrogen) atoms. The number of ketones is 1. The number of aliphatic hydroxyl groups is 1. The fourth-order valence-electron chi connectivity index (χ4n) is 2.16. The molecular weight excluding hydrogens is 312 g/mol. The maximum Gasteiger partial charge on any atom is 0.237 e. The number of Topliss-reactive ketones (excluding diaryl/α,β-unsaturated/α-hetero) is 1. The molecule has 7 nitrogen and oxygen atoms in total. The predicted molar refractivity (Wildman–Crippen MR) is 92.9 cm³/mol. The zero-order valence-corrected chi connectivity index (χ0v) is 15.5. The van der Waals surface area contributed by atoms with E-state index < -0.39 is 0 Å². The molecule has 0 rings (SSSR count). The zero-order valence-electron chi connectivity index (χ0n) is 15.5. The second kappa shape index (κ2) is 14.3. The minimum Gasteiger partial charge on any atom is -0.395 e. The lowest BCUT2D eigenvalue weighted by molar-refractivity contribution is -0.126. The molecule has 0 aromatic rings. The average molecular weight is 346 g/mol. The number of hydrogen-bond donors (Lipinski definition) is 2. The fraction of sp³-hybridized carbons (Fsp3) is 0.882. The molecule has 0 aromatic heterocycles. The number of amides is 1. The van der Waals surface area contributed by atoms with E-state index >= 15 is 0 Å². The summed E-state index contributed by atoms with van der Waals surface area (Å²) in [4.78, 5) is 25.3. The molecule has 1 atom stereocenters. The SMILES string of the molecule is CCC(C(=O)NCCOCCOCCC(=O)C(C)C)N(C)CCO. The summed E-state index contributed by atoms with van der Waals surface area (Å²) in [5.41, 5.74) is 0. The van der Waals surface area contributed by atoms with Gasteiger partial charge in [-0.1, -0.05) is 20.8 Å². The second-order valence-electron chi connectivity index (χ2n) is 6.02. The van der Waals surface area contributed by atoms with E-state index in [1.54, 1.807) is 0 Å². The van der Waals surface area contributed by atoms with Crippen molar-refractivity contribution in [2.75, 3.05) is 53.2 Å². The van der Waals surface area contributed by atoms with Gasteiger partial charge in [-0.15, -0.1) is 0 Å². The van der Waals surface area contributed by atoms with Crippen molar-refractivity contribution in [1.29, 1.82) is 0 Å². The zero-order chi connectivity index (χ0) is 18.4. The summed E-state index contributed by atoms with van der Waals surface area (Å²) < 4.78 is 10.7. The Morgan fingerprint density at radius 1 is 1.12 bits per heavy atom. The molecule has 1 unspecified atom stereocenters. The number of aliphatic hydroxyl groups excluding tert-OH is 1. The van der Waals surface area contributed by atoms with Crippen LogP contribution in [0.2, 0.25) is 0 Å². The van der Waals surface area contributed by atoms with Crippen molar-refractivity contribution in [2.45, 2.75) is 39.7 Å². The summed E-state index contributed by atoms with van der Waals surface area (Å²) in [6, 6.07) is -0.237. The Bertz CT molecular complexity index is 350. The first kappa shape index (κ1) is 23.0. The van der Waals surface area contributed by atoms with Gasteiger partial charge >= 0.3 is 0 Å². The van der Waals surface area contributed by atoms with Gasteiger partial charge in [-0.3, -0.25) is 14.5 Å². The van der Waals surface area contributed by atoms with Gasteiger partial charge in [0.25, 0.3) is 0 Å². The molecule has 0 fully saturated rings. The summed E-state index contributed by atoms with van der Waals surface area (Å²) in [5.74, 6) is 0.201. The topological polar surface area (TPSA) is 88.1 Å². The molecule has 0 aliphatic rings. The molecule has 0 aromatic carbocycles. The standard InChI is InChI=1S/C17H34N2O5/c1-5-15(19(4)8-9-20)17(22)18-7-11-24-13-12-23-10-6-16(21)14(2)3/h14-15,20H,5-13H2,1-4H3,(H,18,22). The number of nitrogens with one attached hydrogen (secondary N) is 1. The van der Waals surface area contributed by atoms with Gasteiger partial charge in [0.15, 0.2) is 0 Å². The van der Waals surface area contributed by atoms with Crippen LogP contribution < -0.4 is 5.32 Å². The largest absolute Gasteiger partial charge is 0.395 e. The molecule has 0 spiro atoms. The van der Waals surface area contributed by atoms with Crippen LogP contribution >= 0.6 is 0 Å². The monoisotopic (exact) mass is 346 g/mol. The van der Waals surface area contributed by atoms with Crippen LogP contribution in [-0.4, -0.2) is 80.9 Å². The fourth-order valence-corrected chi connectivity index (χ4v) is 2.16. The van der Waals surface area contributed by atoms with E-state index in [1.807, 2.05) is 32.7 Å². The third kappa shape index (κ3) is 10.7. The molecule has 0 aliphatic carbocycles. The first-order valence-electron chi connectivity index (χ1n) is 8.71.